The van der Waals surface area contributed by atoms with Gasteiger partial charge in [0, 0.05) is 7.11 Å². The summed E-state index contributed by atoms with van der Waals surface area (Å²) in [4.78, 5) is 14.7. The van der Waals surface area contributed by atoms with Crippen molar-refractivity contribution >= 4 is 5.82 Å². The molecule has 0 atom stereocenters. The molecule has 0 aliphatic carbocycles. The minimum atomic E-state index is -0.474. The van der Waals surface area contributed by atoms with Crippen molar-refractivity contribution in [3.63, 3.8) is 0 Å². The van der Waals surface area contributed by atoms with E-state index in [1.807, 2.05) is 6.07 Å². The molecule has 0 radical (unpaired) electrons. The molecule has 6 nitrogen and oxygen atoms in total. The molecule has 0 aromatic carbocycles. The molecule has 2 N–H and O–H groups in total. The molecule has 74 valence electrons. The molecule has 0 bridgehead atoms. The quantitative estimate of drug-likeness (QED) is 0.689. The number of rotatable bonds is 3. The Kier molecular flexibility index (Phi) is 3.20. The summed E-state index contributed by atoms with van der Waals surface area (Å²) in [5.41, 5.74) is 5.30. The van der Waals surface area contributed by atoms with Crippen LogP contribution in [0.4, 0.5) is 5.82 Å². The summed E-state index contributed by atoms with van der Waals surface area (Å²) in [7, 11) is 1.52. The van der Waals surface area contributed by atoms with Crippen LogP contribution in [0, 0.1) is 11.3 Å². The second kappa shape index (κ2) is 4.39. The fourth-order valence-electron chi connectivity index (χ4n) is 0.989. The van der Waals surface area contributed by atoms with Crippen molar-refractivity contribution in [3.8, 4) is 6.07 Å². The van der Waals surface area contributed by atoms with Crippen LogP contribution in [0.2, 0.25) is 0 Å². The van der Waals surface area contributed by atoms with E-state index >= 15 is 0 Å². The standard InChI is InChI=1S/C8H10N4O2/c1-14-3-2-12-7(10)6(4-9)5-11-8(12)13/h5H,2-3,10H2,1H3. The first-order valence-corrected chi connectivity index (χ1v) is 3.95. The zero-order chi connectivity index (χ0) is 10.6. The van der Waals surface area contributed by atoms with Gasteiger partial charge in [-0.3, -0.25) is 4.57 Å². The van der Waals surface area contributed by atoms with Crippen LogP contribution in [0.1, 0.15) is 5.56 Å². The highest BCUT2D eigenvalue weighted by atomic mass is 16.5. The van der Waals surface area contributed by atoms with E-state index in [1.165, 1.54) is 17.9 Å². The number of aromatic nitrogens is 2. The van der Waals surface area contributed by atoms with E-state index in [-0.39, 0.29) is 11.4 Å². The predicted molar refractivity (Wildman–Crippen MR) is 49.5 cm³/mol. The smallest absolute Gasteiger partial charge is 0.349 e. The lowest BCUT2D eigenvalue weighted by Crippen LogP contribution is -2.27. The maximum Gasteiger partial charge on any atom is 0.349 e. The average Bonchev–Trinajstić information content (AvgIpc) is 2.18. The number of nitriles is 1. The maximum atomic E-state index is 11.2. The maximum absolute atomic E-state index is 11.2. The van der Waals surface area contributed by atoms with Crippen LogP contribution in [0.5, 0.6) is 0 Å². The Hall–Kier alpha value is -1.87. The molecule has 0 saturated carbocycles. The molecule has 0 saturated heterocycles. The van der Waals surface area contributed by atoms with E-state index in [0.717, 1.165) is 0 Å². The number of methoxy groups -OCH3 is 1. The first kappa shape index (κ1) is 10.2. The number of nitrogens with two attached hydrogens (primary N) is 1. The first-order valence-electron chi connectivity index (χ1n) is 3.95. The molecule has 6 heteroatoms. The number of nitrogen functional groups attached to an aromatic ring is 1. The Balaban J connectivity index is 3.14. The first-order chi connectivity index (χ1) is 6.70. The lowest BCUT2D eigenvalue weighted by atomic mass is 10.3. The second-order valence-electron chi connectivity index (χ2n) is 2.60. The van der Waals surface area contributed by atoms with Gasteiger partial charge in [0.25, 0.3) is 0 Å². The highest BCUT2D eigenvalue weighted by Gasteiger charge is 2.06. The van der Waals surface area contributed by atoms with Gasteiger partial charge in [0.05, 0.1) is 19.3 Å². The van der Waals surface area contributed by atoms with Crippen LogP contribution in [-0.4, -0.2) is 23.3 Å². The summed E-state index contributed by atoms with van der Waals surface area (Å²) < 4.78 is 6.01. The minimum absolute atomic E-state index is 0.129. The van der Waals surface area contributed by atoms with Crippen molar-refractivity contribution in [3.05, 3.63) is 22.2 Å². The zero-order valence-corrected chi connectivity index (χ0v) is 7.73. The van der Waals surface area contributed by atoms with Crippen LogP contribution in [-0.2, 0) is 11.3 Å². The lowest BCUT2D eigenvalue weighted by Gasteiger charge is -2.08. The van der Waals surface area contributed by atoms with Crippen molar-refractivity contribution in [1.82, 2.24) is 9.55 Å². The number of nitrogens with zero attached hydrogens (tertiary/aromatic N) is 3. The largest absolute Gasteiger partial charge is 0.384 e. The van der Waals surface area contributed by atoms with Gasteiger partial charge < -0.3 is 10.5 Å². The summed E-state index contributed by atoms with van der Waals surface area (Å²) in [6.45, 7) is 0.643. The number of hydrogen-bond acceptors (Lipinski definition) is 5. The summed E-state index contributed by atoms with van der Waals surface area (Å²) in [6, 6.07) is 1.85. The van der Waals surface area contributed by atoms with E-state index < -0.39 is 5.69 Å². The van der Waals surface area contributed by atoms with Gasteiger partial charge in [-0.2, -0.15) is 5.26 Å². The summed E-state index contributed by atoms with van der Waals surface area (Å²) in [5.74, 6) is 0.129. The van der Waals surface area contributed by atoms with Gasteiger partial charge in [-0.15, -0.1) is 0 Å². The summed E-state index contributed by atoms with van der Waals surface area (Å²) >= 11 is 0. The van der Waals surface area contributed by atoms with Crippen molar-refractivity contribution < 1.29 is 4.74 Å². The molecule has 0 fully saturated rings. The lowest BCUT2D eigenvalue weighted by molar-refractivity contribution is 0.186. The normalized spacial score (nSPS) is 9.71. The molecule has 1 aromatic heterocycles. The van der Waals surface area contributed by atoms with Crippen LogP contribution >= 0.6 is 0 Å². The third-order valence-corrected chi connectivity index (χ3v) is 1.74. The van der Waals surface area contributed by atoms with Gasteiger partial charge in [0.15, 0.2) is 0 Å². The van der Waals surface area contributed by atoms with Crippen LogP contribution < -0.4 is 11.4 Å². The third kappa shape index (κ3) is 1.89. The monoisotopic (exact) mass is 194 g/mol. The Morgan fingerprint density at radius 3 is 3.07 bits per heavy atom. The molecule has 1 heterocycles. The van der Waals surface area contributed by atoms with E-state index in [4.69, 9.17) is 15.7 Å². The van der Waals surface area contributed by atoms with E-state index in [1.54, 1.807) is 0 Å². The van der Waals surface area contributed by atoms with Gasteiger partial charge in [-0.05, 0) is 0 Å². The molecule has 0 aliphatic heterocycles. The van der Waals surface area contributed by atoms with Crippen LogP contribution in [0.25, 0.3) is 0 Å². The molecule has 0 aliphatic rings. The third-order valence-electron chi connectivity index (χ3n) is 1.74. The fourth-order valence-corrected chi connectivity index (χ4v) is 0.989. The molecule has 0 amide bonds. The van der Waals surface area contributed by atoms with Crippen molar-refractivity contribution in [2.45, 2.75) is 6.54 Å². The van der Waals surface area contributed by atoms with Gasteiger partial charge in [-0.25, -0.2) is 9.78 Å². The summed E-state index contributed by atoms with van der Waals surface area (Å²) in [6.07, 6.45) is 1.17. The highest BCUT2D eigenvalue weighted by molar-refractivity contribution is 5.46. The Bertz CT molecular complexity index is 418. The Morgan fingerprint density at radius 1 is 1.79 bits per heavy atom. The van der Waals surface area contributed by atoms with E-state index in [9.17, 15) is 4.79 Å². The molecule has 0 unspecified atom stereocenters. The predicted octanol–water partition coefficient (Wildman–Crippen LogP) is -0.656. The fraction of sp³-hybridized carbons (Fsp3) is 0.375. The number of hydrogen-bond donors (Lipinski definition) is 1. The Labute approximate surface area is 80.5 Å². The van der Waals surface area contributed by atoms with Gasteiger partial charge in [0.2, 0.25) is 0 Å². The Morgan fingerprint density at radius 2 is 2.50 bits per heavy atom. The molecular weight excluding hydrogens is 184 g/mol. The van der Waals surface area contributed by atoms with Gasteiger partial charge in [-0.1, -0.05) is 0 Å². The number of anilines is 1. The molecule has 1 aromatic rings. The average molecular weight is 194 g/mol. The van der Waals surface area contributed by atoms with Crippen molar-refractivity contribution in [2.75, 3.05) is 19.5 Å². The molecule has 14 heavy (non-hydrogen) atoms. The van der Waals surface area contributed by atoms with E-state index in [2.05, 4.69) is 4.98 Å². The zero-order valence-electron chi connectivity index (χ0n) is 7.73. The topological polar surface area (TPSA) is 93.9 Å². The van der Waals surface area contributed by atoms with Gasteiger partial charge >= 0.3 is 5.69 Å². The van der Waals surface area contributed by atoms with Crippen LogP contribution in [0.15, 0.2) is 11.0 Å². The molecule has 1 rings (SSSR count). The van der Waals surface area contributed by atoms with Gasteiger partial charge in [0.1, 0.15) is 17.5 Å². The minimum Gasteiger partial charge on any atom is -0.384 e. The second-order valence-corrected chi connectivity index (χ2v) is 2.60. The number of ether oxygens (including phenoxy) is 1. The van der Waals surface area contributed by atoms with Crippen molar-refractivity contribution in [1.29, 1.82) is 5.26 Å². The molecular formula is C8H10N4O2. The highest BCUT2D eigenvalue weighted by Crippen LogP contribution is 2.04. The SMILES string of the molecule is COCCn1c(N)c(C#N)cnc1=O. The summed E-state index contributed by atoms with van der Waals surface area (Å²) in [5, 5.41) is 8.64. The van der Waals surface area contributed by atoms with Crippen molar-refractivity contribution in [2.24, 2.45) is 0 Å². The molecule has 0 spiro atoms. The van der Waals surface area contributed by atoms with E-state index in [0.29, 0.717) is 13.2 Å². The van der Waals surface area contributed by atoms with Crippen LogP contribution in [0.3, 0.4) is 0 Å².